The predicted octanol–water partition coefficient (Wildman–Crippen LogP) is 3.13. The number of thiophene rings is 1. The van der Waals surface area contributed by atoms with Crippen LogP contribution in [-0.4, -0.2) is 16.5 Å². The van der Waals surface area contributed by atoms with E-state index >= 15 is 0 Å². The highest BCUT2D eigenvalue weighted by Gasteiger charge is 2.19. The quantitative estimate of drug-likeness (QED) is 0.902. The summed E-state index contributed by atoms with van der Waals surface area (Å²) in [6, 6.07) is 2.08. The Morgan fingerprint density at radius 1 is 1.35 bits per heavy atom. The van der Waals surface area contributed by atoms with Gasteiger partial charge in [-0.25, -0.2) is 9.97 Å². The van der Waals surface area contributed by atoms with Gasteiger partial charge in [0, 0.05) is 28.7 Å². The molecule has 4 heteroatoms. The number of hydrogen-bond donors (Lipinski definition) is 1. The first-order chi connectivity index (χ1) is 8.38. The normalized spacial score (nSPS) is 13.7. The van der Waals surface area contributed by atoms with E-state index in [0.29, 0.717) is 0 Å². The van der Waals surface area contributed by atoms with Crippen molar-refractivity contribution in [2.45, 2.75) is 26.2 Å². The largest absolute Gasteiger partial charge is 0.370 e. The molecule has 2 aromatic rings. The van der Waals surface area contributed by atoms with Crippen molar-refractivity contribution < 1.29 is 0 Å². The number of aryl methyl sites for hydroxylation is 1. The minimum Gasteiger partial charge on any atom is -0.370 e. The monoisotopic (exact) mass is 245 g/mol. The van der Waals surface area contributed by atoms with E-state index in [1.807, 2.05) is 0 Å². The molecule has 2 heterocycles. The van der Waals surface area contributed by atoms with Crippen LogP contribution in [0.1, 0.15) is 24.6 Å². The lowest BCUT2D eigenvalue weighted by Crippen LogP contribution is -2.06. The van der Waals surface area contributed by atoms with Crippen LogP contribution in [0.25, 0.3) is 11.4 Å². The van der Waals surface area contributed by atoms with Crippen LogP contribution in [0, 0.1) is 0 Å². The molecule has 1 N–H and O–H groups in total. The maximum atomic E-state index is 4.69. The summed E-state index contributed by atoms with van der Waals surface area (Å²) in [5, 5.41) is 7.53. The van der Waals surface area contributed by atoms with Crippen molar-refractivity contribution in [3.05, 3.63) is 28.1 Å². The van der Waals surface area contributed by atoms with Crippen molar-refractivity contribution in [1.82, 2.24) is 9.97 Å². The number of fused-ring (bicyclic) bond motifs is 1. The zero-order chi connectivity index (χ0) is 11.7. The second kappa shape index (κ2) is 4.45. The lowest BCUT2D eigenvalue weighted by atomic mass is 10.2. The number of hydrogen-bond acceptors (Lipinski definition) is 4. The Kier molecular flexibility index (Phi) is 2.81. The van der Waals surface area contributed by atoms with Crippen LogP contribution in [-0.2, 0) is 12.8 Å². The Hall–Kier alpha value is -1.42. The molecule has 0 aromatic carbocycles. The van der Waals surface area contributed by atoms with Gasteiger partial charge in [-0.2, -0.15) is 11.3 Å². The van der Waals surface area contributed by atoms with Crippen molar-refractivity contribution in [3.63, 3.8) is 0 Å². The molecule has 2 aromatic heterocycles. The van der Waals surface area contributed by atoms with Gasteiger partial charge in [0.25, 0.3) is 0 Å². The molecule has 0 saturated heterocycles. The number of aromatic nitrogens is 2. The third-order valence-corrected chi connectivity index (χ3v) is 3.74. The number of nitrogens with zero attached hydrogens (tertiary/aromatic N) is 2. The molecule has 0 bridgehead atoms. The van der Waals surface area contributed by atoms with Crippen molar-refractivity contribution in [1.29, 1.82) is 0 Å². The Bertz CT molecular complexity index is 520. The zero-order valence-corrected chi connectivity index (χ0v) is 10.7. The van der Waals surface area contributed by atoms with Gasteiger partial charge in [0.2, 0.25) is 0 Å². The molecule has 0 fully saturated rings. The van der Waals surface area contributed by atoms with Gasteiger partial charge in [-0.1, -0.05) is 0 Å². The molecule has 3 rings (SSSR count). The van der Waals surface area contributed by atoms with E-state index < -0.39 is 0 Å². The van der Waals surface area contributed by atoms with Crippen LogP contribution in [0.2, 0.25) is 0 Å². The minimum absolute atomic E-state index is 0.864. The highest BCUT2D eigenvalue weighted by Crippen LogP contribution is 2.29. The van der Waals surface area contributed by atoms with Crippen LogP contribution in [0.4, 0.5) is 5.82 Å². The second-order valence-electron chi connectivity index (χ2n) is 4.22. The van der Waals surface area contributed by atoms with Crippen molar-refractivity contribution >= 4 is 17.2 Å². The summed E-state index contributed by atoms with van der Waals surface area (Å²) in [6.07, 6.45) is 3.41. The molecule has 1 aliphatic carbocycles. The van der Waals surface area contributed by atoms with Crippen molar-refractivity contribution in [3.8, 4) is 11.4 Å². The van der Waals surface area contributed by atoms with Crippen LogP contribution >= 0.6 is 11.3 Å². The minimum atomic E-state index is 0.864. The third kappa shape index (κ3) is 1.93. The zero-order valence-electron chi connectivity index (χ0n) is 9.86. The molecule has 0 radical (unpaired) electrons. The summed E-state index contributed by atoms with van der Waals surface area (Å²) in [5.74, 6) is 1.90. The average Bonchev–Trinajstić information content (AvgIpc) is 3.00. The lowest BCUT2D eigenvalue weighted by Gasteiger charge is -2.10. The van der Waals surface area contributed by atoms with E-state index in [9.17, 15) is 0 Å². The van der Waals surface area contributed by atoms with Crippen LogP contribution in [0.15, 0.2) is 16.8 Å². The third-order valence-electron chi connectivity index (χ3n) is 3.06. The highest BCUT2D eigenvalue weighted by molar-refractivity contribution is 7.08. The van der Waals surface area contributed by atoms with Crippen LogP contribution in [0.5, 0.6) is 0 Å². The Balaban J connectivity index is 2.09. The number of rotatable bonds is 3. The summed E-state index contributed by atoms with van der Waals surface area (Å²) < 4.78 is 0. The van der Waals surface area contributed by atoms with E-state index in [1.165, 1.54) is 17.7 Å². The summed E-state index contributed by atoms with van der Waals surface area (Å²) in [4.78, 5) is 9.36. The highest BCUT2D eigenvalue weighted by atomic mass is 32.1. The maximum absolute atomic E-state index is 4.69. The fourth-order valence-corrected chi connectivity index (χ4v) is 2.90. The van der Waals surface area contributed by atoms with E-state index in [0.717, 1.165) is 36.6 Å². The summed E-state index contributed by atoms with van der Waals surface area (Å²) >= 11 is 1.69. The Morgan fingerprint density at radius 2 is 2.29 bits per heavy atom. The maximum Gasteiger partial charge on any atom is 0.162 e. The molecule has 0 aliphatic heterocycles. The van der Waals surface area contributed by atoms with Gasteiger partial charge in [-0.15, -0.1) is 0 Å². The predicted molar refractivity (Wildman–Crippen MR) is 71.5 cm³/mol. The SMILES string of the molecule is CCNc1nc(-c2ccsc2)nc2c1CCC2. The van der Waals surface area contributed by atoms with Gasteiger partial charge >= 0.3 is 0 Å². The van der Waals surface area contributed by atoms with Gasteiger partial charge in [0.05, 0.1) is 0 Å². The Labute approximate surface area is 105 Å². The molecule has 1 aliphatic rings. The van der Waals surface area contributed by atoms with E-state index in [2.05, 4.69) is 34.1 Å². The van der Waals surface area contributed by atoms with Gasteiger partial charge < -0.3 is 5.32 Å². The van der Waals surface area contributed by atoms with Gasteiger partial charge in [-0.05, 0) is 37.6 Å². The fourth-order valence-electron chi connectivity index (χ4n) is 2.27. The molecule has 0 atom stereocenters. The summed E-state index contributed by atoms with van der Waals surface area (Å²) in [7, 11) is 0. The van der Waals surface area contributed by atoms with Gasteiger partial charge in [-0.3, -0.25) is 0 Å². The Morgan fingerprint density at radius 3 is 3.06 bits per heavy atom. The van der Waals surface area contributed by atoms with Gasteiger partial charge in [0.1, 0.15) is 5.82 Å². The second-order valence-corrected chi connectivity index (χ2v) is 5.00. The summed E-state index contributed by atoms with van der Waals surface area (Å²) in [6.45, 7) is 3.01. The first kappa shape index (κ1) is 10.7. The van der Waals surface area contributed by atoms with Gasteiger partial charge in [0.15, 0.2) is 5.82 Å². The van der Waals surface area contributed by atoms with Crippen LogP contribution < -0.4 is 5.32 Å². The first-order valence-electron chi connectivity index (χ1n) is 6.04. The molecule has 0 unspecified atom stereocenters. The molecule has 0 saturated carbocycles. The summed E-state index contributed by atoms with van der Waals surface area (Å²) in [5.41, 5.74) is 3.69. The number of anilines is 1. The van der Waals surface area contributed by atoms with Crippen molar-refractivity contribution in [2.24, 2.45) is 0 Å². The van der Waals surface area contributed by atoms with E-state index in [1.54, 1.807) is 11.3 Å². The molecular formula is C13H15N3S. The molecule has 3 nitrogen and oxygen atoms in total. The smallest absolute Gasteiger partial charge is 0.162 e. The molecule has 0 spiro atoms. The average molecular weight is 245 g/mol. The molecule has 17 heavy (non-hydrogen) atoms. The molecule has 88 valence electrons. The van der Waals surface area contributed by atoms with Crippen molar-refractivity contribution in [2.75, 3.05) is 11.9 Å². The van der Waals surface area contributed by atoms with E-state index in [4.69, 9.17) is 4.98 Å². The van der Waals surface area contributed by atoms with E-state index in [-0.39, 0.29) is 0 Å². The number of nitrogens with one attached hydrogen (secondary N) is 1. The lowest BCUT2D eigenvalue weighted by molar-refractivity contribution is 0.900. The van der Waals surface area contributed by atoms with Crippen LogP contribution in [0.3, 0.4) is 0 Å². The molecular weight excluding hydrogens is 230 g/mol. The standard InChI is InChI=1S/C13H15N3S/c1-2-14-13-10-4-3-5-11(10)15-12(16-13)9-6-7-17-8-9/h6-8H,2-5H2,1H3,(H,14,15,16). The molecule has 0 amide bonds. The fraction of sp³-hybridized carbons (Fsp3) is 0.385. The first-order valence-corrected chi connectivity index (χ1v) is 6.99. The topological polar surface area (TPSA) is 37.8 Å².